The van der Waals surface area contributed by atoms with E-state index in [1.165, 1.54) is 4.88 Å². The van der Waals surface area contributed by atoms with Crippen LogP contribution in [0.25, 0.3) is 0 Å². The number of rotatable bonds is 7. The maximum atomic E-state index is 8.96. The van der Waals surface area contributed by atoms with Crippen molar-refractivity contribution >= 4 is 34.7 Å². The fourth-order valence-electron chi connectivity index (χ4n) is 1.57. The van der Waals surface area contributed by atoms with E-state index < -0.39 is 0 Å². The fourth-order valence-corrected chi connectivity index (χ4v) is 4.35. The van der Waals surface area contributed by atoms with Crippen LogP contribution in [0.2, 0.25) is 4.34 Å². The van der Waals surface area contributed by atoms with Crippen molar-refractivity contribution in [1.29, 1.82) is 0 Å². The third-order valence-electron chi connectivity index (χ3n) is 2.65. The van der Waals surface area contributed by atoms with E-state index >= 15 is 0 Å². The summed E-state index contributed by atoms with van der Waals surface area (Å²) in [5.41, 5.74) is 6.18. The zero-order valence-electron chi connectivity index (χ0n) is 10.2. The minimum Gasteiger partial charge on any atom is -0.396 e. The molecule has 0 spiro atoms. The number of halogens is 1. The Kier molecular flexibility index (Phi) is 6.89. The van der Waals surface area contributed by atoms with Gasteiger partial charge in [0, 0.05) is 22.8 Å². The third kappa shape index (κ3) is 4.79. The van der Waals surface area contributed by atoms with Gasteiger partial charge in [-0.05, 0) is 25.0 Å². The second-order valence-electron chi connectivity index (χ2n) is 4.09. The Labute approximate surface area is 117 Å². The molecule has 1 aromatic rings. The highest BCUT2D eigenvalue weighted by atomic mass is 35.5. The van der Waals surface area contributed by atoms with Gasteiger partial charge in [-0.15, -0.1) is 23.1 Å². The van der Waals surface area contributed by atoms with Gasteiger partial charge < -0.3 is 10.8 Å². The van der Waals surface area contributed by atoms with Crippen molar-refractivity contribution in [1.82, 2.24) is 0 Å². The van der Waals surface area contributed by atoms with Crippen molar-refractivity contribution in [3.05, 3.63) is 21.3 Å². The number of thiophene rings is 1. The van der Waals surface area contributed by atoms with E-state index in [0.29, 0.717) is 5.25 Å². The van der Waals surface area contributed by atoms with E-state index in [1.54, 1.807) is 11.3 Å². The molecular formula is C12H20ClNOS2. The molecule has 17 heavy (non-hydrogen) atoms. The molecule has 0 aliphatic heterocycles. The molecule has 3 unspecified atom stereocenters. The first-order valence-electron chi connectivity index (χ1n) is 5.85. The standard InChI is InChI=1S/C12H20ClNOS2/c1-3-9(14)12(16-8(2)6-7-15)10-4-5-11(13)17-10/h4-5,8-9,12,15H,3,6-7,14H2,1-2H3. The van der Waals surface area contributed by atoms with Crippen molar-refractivity contribution in [3.63, 3.8) is 0 Å². The predicted octanol–water partition coefficient (Wildman–Crippen LogP) is 3.68. The number of hydrogen-bond donors (Lipinski definition) is 2. The molecule has 3 N–H and O–H groups in total. The van der Waals surface area contributed by atoms with Crippen molar-refractivity contribution in [2.45, 2.75) is 43.2 Å². The van der Waals surface area contributed by atoms with Crippen LogP contribution in [0.5, 0.6) is 0 Å². The second kappa shape index (κ2) is 7.64. The van der Waals surface area contributed by atoms with Gasteiger partial charge in [-0.25, -0.2) is 0 Å². The summed E-state index contributed by atoms with van der Waals surface area (Å²) in [6.07, 6.45) is 1.75. The van der Waals surface area contributed by atoms with Gasteiger partial charge in [-0.1, -0.05) is 25.4 Å². The van der Waals surface area contributed by atoms with Crippen LogP contribution in [0.15, 0.2) is 12.1 Å². The van der Waals surface area contributed by atoms with E-state index in [-0.39, 0.29) is 17.9 Å². The average Bonchev–Trinajstić information content (AvgIpc) is 2.72. The highest BCUT2D eigenvalue weighted by Crippen LogP contribution is 2.40. The Bertz CT molecular complexity index is 332. The molecule has 0 bridgehead atoms. The number of aliphatic hydroxyl groups excluding tert-OH is 1. The monoisotopic (exact) mass is 293 g/mol. The summed E-state index contributed by atoms with van der Waals surface area (Å²) in [5, 5.41) is 9.64. The van der Waals surface area contributed by atoms with Gasteiger partial charge in [0.25, 0.3) is 0 Å². The van der Waals surface area contributed by atoms with Crippen LogP contribution < -0.4 is 5.73 Å². The quantitative estimate of drug-likeness (QED) is 0.806. The molecular weight excluding hydrogens is 274 g/mol. The van der Waals surface area contributed by atoms with Gasteiger partial charge in [0.1, 0.15) is 0 Å². The Morgan fingerprint density at radius 3 is 2.71 bits per heavy atom. The molecule has 1 heterocycles. The zero-order chi connectivity index (χ0) is 12.8. The van der Waals surface area contributed by atoms with Gasteiger partial charge in [0.2, 0.25) is 0 Å². The number of hydrogen-bond acceptors (Lipinski definition) is 4. The summed E-state index contributed by atoms with van der Waals surface area (Å²) in [6.45, 7) is 4.46. The van der Waals surface area contributed by atoms with Crippen molar-refractivity contribution in [2.24, 2.45) is 5.73 Å². The Balaban J connectivity index is 2.74. The van der Waals surface area contributed by atoms with Gasteiger partial charge >= 0.3 is 0 Å². The first-order valence-corrected chi connectivity index (χ1v) is 7.99. The normalized spacial score (nSPS) is 16.8. The molecule has 0 aliphatic rings. The lowest BCUT2D eigenvalue weighted by Crippen LogP contribution is -2.26. The van der Waals surface area contributed by atoms with E-state index in [2.05, 4.69) is 19.9 Å². The highest BCUT2D eigenvalue weighted by Gasteiger charge is 2.23. The van der Waals surface area contributed by atoms with E-state index in [4.69, 9.17) is 22.4 Å². The number of nitrogens with two attached hydrogens (primary N) is 1. The van der Waals surface area contributed by atoms with E-state index in [9.17, 15) is 0 Å². The minimum atomic E-state index is 0.135. The van der Waals surface area contributed by atoms with Crippen molar-refractivity contribution in [3.8, 4) is 0 Å². The van der Waals surface area contributed by atoms with Gasteiger partial charge in [0.15, 0.2) is 0 Å². The Morgan fingerprint density at radius 2 is 2.24 bits per heavy atom. The number of aliphatic hydroxyl groups is 1. The highest BCUT2D eigenvalue weighted by molar-refractivity contribution is 8.00. The molecule has 98 valence electrons. The first kappa shape index (κ1) is 15.3. The summed E-state index contributed by atoms with van der Waals surface area (Å²) < 4.78 is 0.809. The lowest BCUT2D eigenvalue weighted by molar-refractivity contribution is 0.288. The summed E-state index contributed by atoms with van der Waals surface area (Å²) in [4.78, 5) is 1.24. The van der Waals surface area contributed by atoms with Crippen LogP contribution in [0.3, 0.4) is 0 Å². The Hall–Kier alpha value is 0.260. The predicted molar refractivity (Wildman–Crippen MR) is 79.1 cm³/mol. The largest absolute Gasteiger partial charge is 0.396 e. The molecule has 1 rings (SSSR count). The zero-order valence-corrected chi connectivity index (χ0v) is 12.6. The van der Waals surface area contributed by atoms with Crippen LogP contribution in [0.4, 0.5) is 0 Å². The van der Waals surface area contributed by atoms with Crippen molar-refractivity contribution < 1.29 is 5.11 Å². The SMILES string of the molecule is CCC(N)C(SC(C)CCO)c1ccc(Cl)s1. The number of thioether (sulfide) groups is 1. The minimum absolute atomic E-state index is 0.135. The molecule has 5 heteroatoms. The van der Waals surface area contributed by atoms with Gasteiger partial charge in [-0.2, -0.15) is 0 Å². The molecule has 2 nitrogen and oxygen atoms in total. The average molecular weight is 294 g/mol. The summed E-state index contributed by atoms with van der Waals surface area (Å²) >= 11 is 9.42. The Morgan fingerprint density at radius 1 is 1.53 bits per heavy atom. The first-order chi connectivity index (χ1) is 8.08. The van der Waals surface area contributed by atoms with Crippen LogP contribution >= 0.6 is 34.7 Å². The summed E-state index contributed by atoms with van der Waals surface area (Å²) in [5.74, 6) is 0. The fraction of sp³-hybridized carbons (Fsp3) is 0.667. The van der Waals surface area contributed by atoms with Gasteiger partial charge in [0.05, 0.1) is 9.59 Å². The lowest BCUT2D eigenvalue weighted by Gasteiger charge is -2.24. The van der Waals surface area contributed by atoms with Crippen LogP contribution in [-0.2, 0) is 0 Å². The molecule has 0 saturated carbocycles. The molecule has 0 aromatic carbocycles. The topological polar surface area (TPSA) is 46.2 Å². The molecule has 0 fully saturated rings. The molecule has 0 radical (unpaired) electrons. The van der Waals surface area contributed by atoms with Crippen LogP contribution in [0.1, 0.15) is 36.8 Å². The van der Waals surface area contributed by atoms with Crippen molar-refractivity contribution in [2.75, 3.05) is 6.61 Å². The smallest absolute Gasteiger partial charge is 0.0931 e. The molecule has 1 aromatic heterocycles. The lowest BCUT2D eigenvalue weighted by atomic mass is 10.1. The summed E-state index contributed by atoms with van der Waals surface area (Å²) in [6, 6.07) is 4.12. The summed E-state index contributed by atoms with van der Waals surface area (Å²) in [7, 11) is 0. The van der Waals surface area contributed by atoms with E-state index in [1.807, 2.05) is 17.8 Å². The van der Waals surface area contributed by atoms with Crippen LogP contribution in [0, 0.1) is 0 Å². The molecule has 0 amide bonds. The maximum absolute atomic E-state index is 8.96. The molecule has 0 aliphatic carbocycles. The van der Waals surface area contributed by atoms with Gasteiger partial charge in [-0.3, -0.25) is 0 Å². The molecule has 3 atom stereocenters. The third-order valence-corrected chi connectivity index (χ3v) is 5.71. The van der Waals surface area contributed by atoms with Crippen LogP contribution in [-0.4, -0.2) is 23.0 Å². The van der Waals surface area contributed by atoms with E-state index in [0.717, 1.165) is 17.2 Å². The maximum Gasteiger partial charge on any atom is 0.0931 e. The second-order valence-corrected chi connectivity index (χ2v) is 7.42. The molecule has 0 saturated heterocycles.